The van der Waals surface area contributed by atoms with Gasteiger partial charge < -0.3 is 14.6 Å². The highest BCUT2D eigenvalue weighted by Crippen LogP contribution is 2.35. The third-order valence-electron chi connectivity index (χ3n) is 3.25. The van der Waals surface area contributed by atoms with E-state index in [1.807, 2.05) is 19.1 Å². The summed E-state index contributed by atoms with van der Waals surface area (Å²) in [6, 6.07) is 7.16. The molecule has 5 nitrogen and oxygen atoms in total. The number of carboxylic acid groups (broad SMARTS) is 1. The Balaban J connectivity index is 1.85. The van der Waals surface area contributed by atoms with Gasteiger partial charge in [0.25, 0.3) is 0 Å². The van der Waals surface area contributed by atoms with Crippen molar-refractivity contribution in [1.82, 2.24) is 4.98 Å². The van der Waals surface area contributed by atoms with Gasteiger partial charge in [-0.15, -0.1) is 0 Å². The average molecular weight is 350 g/mol. The number of nitrogens with zero attached hydrogens (tertiary/aromatic N) is 1. The molecule has 0 radical (unpaired) electrons. The van der Waals surface area contributed by atoms with Gasteiger partial charge in [-0.25, -0.2) is 9.78 Å². The molecular weight excluding hydrogens is 338 g/mol. The van der Waals surface area contributed by atoms with E-state index in [2.05, 4.69) is 20.9 Å². The molecule has 0 fully saturated rings. The summed E-state index contributed by atoms with van der Waals surface area (Å²) in [4.78, 5) is 15.1. The number of aryl methyl sites for hydroxylation is 1. The molecule has 1 atom stereocenters. The van der Waals surface area contributed by atoms with Crippen molar-refractivity contribution >= 4 is 21.9 Å². The van der Waals surface area contributed by atoms with Gasteiger partial charge in [0.1, 0.15) is 11.5 Å². The standard InChI is InChI=1S/C15H12BrNO4/c1-8-4-5-17-14(13(8)16)20-10-3-2-9-6-12(15(18)19)21-11(9)7-10/h2-5,7,12H,6H2,1H3,(H,18,19). The Morgan fingerprint density at radius 1 is 1.48 bits per heavy atom. The lowest BCUT2D eigenvalue weighted by atomic mass is 10.1. The molecule has 1 aromatic carbocycles. The van der Waals surface area contributed by atoms with Crippen LogP contribution in [0.25, 0.3) is 0 Å². The normalized spacial score (nSPS) is 16.2. The minimum absolute atomic E-state index is 0.372. The van der Waals surface area contributed by atoms with Crippen molar-refractivity contribution in [3.63, 3.8) is 0 Å². The molecule has 3 rings (SSSR count). The molecule has 1 unspecified atom stereocenters. The van der Waals surface area contributed by atoms with Gasteiger partial charge in [0.2, 0.25) is 5.88 Å². The van der Waals surface area contributed by atoms with Crippen molar-refractivity contribution in [2.24, 2.45) is 0 Å². The Morgan fingerprint density at radius 2 is 2.29 bits per heavy atom. The molecule has 0 saturated carbocycles. The Bertz CT molecular complexity index is 717. The predicted octanol–water partition coefficient (Wildman–Crippen LogP) is 3.33. The van der Waals surface area contributed by atoms with Crippen LogP contribution < -0.4 is 9.47 Å². The summed E-state index contributed by atoms with van der Waals surface area (Å²) in [6.07, 6.45) is 1.22. The van der Waals surface area contributed by atoms with Gasteiger partial charge >= 0.3 is 5.97 Å². The number of pyridine rings is 1. The summed E-state index contributed by atoms with van der Waals surface area (Å²) < 4.78 is 11.9. The number of halogens is 1. The van der Waals surface area contributed by atoms with E-state index in [4.69, 9.17) is 14.6 Å². The molecule has 2 heterocycles. The maximum absolute atomic E-state index is 11.0. The van der Waals surface area contributed by atoms with E-state index in [9.17, 15) is 4.79 Å². The second kappa shape index (κ2) is 5.37. The predicted molar refractivity (Wildman–Crippen MR) is 78.9 cm³/mol. The van der Waals surface area contributed by atoms with E-state index in [1.165, 1.54) is 0 Å². The number of benzene rings is 1. The molecule has 2 aromatic rings. The number of carbonyl (C=O) groups is 1. The van der Waals surface area contributed by atoms with Crippen LogP contribution in [0, 0.1) is 6.92 Å². The highest BCUT2D eigenvalue weighted by Gasteiger charge is 2.29. The van der Waals surface area contributed by atoms with Crippen molar-refractivity contribution < 1.29 is 19.4 Å². The SMILES string of the molecule is Cc1ccnc(Oc2ccc3c(c2)OC(C(=O)O)C3)c1Br. The van der Waals surface area contributed by atoms with Gasteiger partial charge in [0.05, 0.1) is 4.47 Å². The smallest absolute Gasteiger partial charge is 0.345 e. The van der Waals surface area contributed by atoms with Gasteiger partial charge in [0, 0.05) is 18.7 Å². The molecule has 0 aliphatic carbocycles. The van der Waals surface area contributed by atoms with E-state index >= 15 is 0 Å². The summed E-state index contributed by atoms with van der Waals surface area (Å²) >= 11 is 3.43. The Morgan fingerprint density at radius 3 is 3.05 bits per heavy atom. The number of fused-ring (bicyclic) bond motifs is 1. The van der Waals surface area contributed by atoms with Crippen molar-refractivity contribution in [3.8, 4) is 17.4 Å². The van der Waals surface area contributed by atoms with Crippen molar-refractivity contribution in [3.05, 3.63) is 46.1 Å². The summed E-state index contributed by atoms with van der Waals surface area (Å²) in [5.74, 6) is 0.599. The molecule has 0 spiro atoms. The first kappa shape index (κ1) is 13.9. The molecule has 0 bridgehead atoms. The maximum atomic E-state index is 11.0. The number of rotatable bonds is 3. The van der Waals surface area contributed by atoms with Gasteiger partial charge in [-0.1, -0.05) is 6.07 Å². The van der Waals surface area contributed by atoms with Crippen LogP contribution in [0.15, 0.2) is 34.9 Å². The molecule has 0 saturated heterocycles. The lowest BCUT2D eigenvalue weighted by molar-refractivity contribution is -0.144. The highest BCUT2D eigenvalue weighted by atomic mass is 79.9. The molecule has 6 heteroatoms. The average Bonchev–Trinajstić information content (AvgIpc) is 2.87. The molecule has 108 valence electrons. The van der Waals surface area contributed by atoms with Gasteiger partial charge in [0.15, 0.2) is 6.10 Å². The lowest BCUT2D eigenvalue weighted by Gasteiger charge is -2.09. The number of ether oxygens (including phenoxy) is 2. The van der Waals surface area contributed by atoms with Crippen molar-refractivity contribution in [1.29, 1.82) is 0 Å². The number of aliphatic carboxylic acids is 1. The first-order valence-corrected chi connectivity index (χ1v) is 7.15. The fraction of sp³-hybridized carbons (Fsp3) is 0.200. The zero-order chi connectivity index (χ0) is 15.0. The van der Waals surface area contributed by atoms with Crippen LogP contribution in [0.4, 0.5) is 0 Å². The topological polar surface area (TPSA) is 68.7 Å². The molecule has 0 amide bonds. The van der Waals surface area contributed by atoms with Crippen LogP contribution >= 0.6 is 15.9 Å². The van der Waals surface area contributed by atoms with Gasteiger partial charge in [-0.05, 0) is 46.1 Å². The van der Waals surface area contributed by atoms with Crippen LogP contribution in [-0.2, 0) is 11.2 Å². The van der Waals surface area contributed by atoms with E-state index in [0.29, 0.717) is 23.8 Å². The molecule has 21 heavy (non-hydrogen) atoms. The Labute approximate surface area is 129 Å². The Hall–Kier alpha value is -2.08. The summed E-state index contributed by atoms with van der Waals surface area (Å²) in [5, 5.41) is 8.98. The fourth-order valence-corrected chi connectivity index (χ4v) is 2.42. The molecule has 1 aliphatic heterocycles. The molecule has 1 N–H and O–H groups in total. The number of aromatic nitrogens is 1. The number of hydrogen-bond donors (Lipinski definition) is 1. The first-order chi connectivity index (χ1) is 10.0. The molecule has 1 aromatic heterocycles. The second-order valence-electron chi connectivity index (χ2n) is 4.77. The second-order valence-corrected chi connectivity index (χ2v) is 5.56. The van der Waals surface area contributed by atoms with Crippen LogP contribution in [-0.4, -0.2) is 22.2 Å². The summed E-state index contributed by atoms with van der Waals surface area (Å²) in [6.45, 7) is 1.95. The van der Waals surface area contributed by atoms with Crippen LogP contribution in [0.1, 0.15) is 11.1 Å². The minimum Gasteiger partial charge on any atom is -0.478 e. The zero-order valence-corrected chi connectivity index (χ0v) is 12.8. The zero-order valence-electron chi connectivity index (χ0n) is 11.2. The van der Waals surface area contributed by atoms with E-state index in [0.717, 1.165) is 15.6 Å². The molecular formula is C15H12BrNO4. The fourth-order valence-electron chi connectivity index (χ4n) is 2.11. The number of carboxylic acids is 1. The van der Waals surface area contributed by atoms with Crippen LogP contribution in [0.2, 0.25) is 0 Å². The number of hydrogen-bond acceptors (Lipinski definition) is 4. The molecule has 1 aliphatic rings. The van der Waals surface area contributed by atoms with Crippen molar-refractivity contribution in [2.45, 2.75) is 19.4 Å². The van der Waals surface area contributed by atoms with Crippen LogP contribution in [0.3, 0.4) is 0 Å². The van der Waals surface area contributed by atoms with Crippen molar-refractivity contribution in [2.75, 3.05) is 0 Å². The third-order valence-corrected chi connectivity index (χ3v) is 4.22. The maximum Gasteiger partial charge on any atom is 0.345 e. The van der Waals surface area contributed by atoms with Crippen LogP contribution in [0.5, 0.6) is 17.4 Å². The van der Waals surface area contributed by atoms with Gasteiger partial charge in [-0.3, -0.25) is 0 Å². The highest BCUT2D eigenvalue weighted by molar-refractivity contribution is 9.10. The third kappa shape index (κ3) is 2.71. The quantitative estimate of drug-likeness (QED) is 0.920. The van der Waals surface area contributed by atoms with E-state index in [-0.39, 0.29) is 0 Å². The summed E-state index contributed by atoms with van der Waals surface area (Å²) in [5.41, 5.74) is 1.88. The Kier molecular flexibility index (Phi) is 3.55. The summed E-state index contributed by atoms with van der Waals surface area (Å²) in [7, 11) is 0. The monoisotopic (exact) mass is 349 g/mol. The largest absolute Gasteiger partial charge is 0.478 e. The van der Waals surface area contributed by atoms with Gasteiger partial charge in [-0.2, -0.15) is 0 Å². The van der Waals surface area contributed by atoms with E-state index < -0.39 is 12.1 Å². The lowest BCUT2D eigenvalue weighted by Crippen LogP contribution is -2.24. The minimum atomic E-state index is -0.961. The van der Waals surface area contributed by atoms with E-state index in [1.54, 1.807) is 18.3 Å². The first-order valence-electron chi connectivity index (χ1n) is 6.36.